The van der Waals surface area contributed by atoms with E-state index in [1.807, 2.05) is 38.1 Å². The fourth-order valence-corrected chi connectivity index (χ4v) is 2.19. The van der Waals surface area contributed by atoms with E-state index in [1.165, 1.54) is 6.07 Å². The molecule has 2 rings (SSSR count). The smallest absolute Gasteiger partial charge is 0.254 e. The number of benzene rings is 2. The minimum Gasteiger partial charge on any atom is -0.345 e. The van der Waals surface area contributed by atoms with E-state index in [0.29, 0.717) is 0 Å². The summed E-state index contributed by atoms with van der Waals surface area (Å²) in [6.07, 6.45) is 0. The number of hydrogen-bond acceptors (Lipinski definition) is 1. The summed E-state index contributed by atoms with van der Waals surface area (Å²) < 4.78 is 14.6. The van der Waals surface area contributed by atoms with E-state index >= 15 is 0 Å². The second-order valence-electron chi connectivity index (χ2n) is 4.73. The van der Waals surface area contributed by atoms with Crippen LogP contribution in [0.3, 0.4) is 0 Å². The molecule has 0 bridgehead atoms. The topological polar surface area (TPSA) is 29.1 Å². The van der Waals surface area contributed by atoms with E-state index in [9.17, 15) is 9.18 Å². The van der Waals surface area contributed by atoms with Crippen LogP contribution in [-0.2, 0) is 0 Å². The Morgan fingerprint density at radius 1 is 1.20 bits per heavy atom. The first-order valence-electron chi connectivity index (χ1n) is 6.30. The maximum Gasteiger partial charge on any atom is 0.254 e. The van der Waals surface area contributed by atoms with Crippen LogP contribution in [0.15, 0.2) is 46.9 Å². The summed E-state index contributed by atoms with van der Waals surface area (Å²) >= 11 is 3.36. The second kappa shape index (κ2) is 6.18. The summed E-state index contributed by atoms with van der Waals surface area (Å²) in [6, 6.07) is 12.0. The van der Waals surface area contributed by atoms with Crippen LogP contribution >= 0.6 is 15.9 Å². The molecule has 20 heavy (non-hydrogen) atoms. The molecular formula is C16H15BrFNO. The lowest BCUT2D eigenvalue weighted by Gasteiger charge is -2.15. The summed E-state index contributed by atoms with van der Waals surface area (Å²) in [5, 5.41) is 2.81. The fourth-order valence-electron chi connectivity index (χ4n) is 1.92. The number of hydrogen-bond donors (Lipinski definition) is 1. The van der Waals surface area contributed by atoms with Crippen LogP contribution < -0.4 is 5.32 Å². The minimum absolute atomic E-state index is 0.0777. The van der Waals surface area contributed by atoms with Gasteiger partial charge in [-0.25, -0.2) is 4.39 Å². The highest BCUT2D eigenvalue weighted by Crippen LogP contribution is 2.18. The monoisotopic (exact) mass is 335 g/mol. The first kappa shape index (κ1) is 14.7. The van der Waals surface area contributed by atoms with Gasteiger partial charge in [0.15, 0.2) is 0 Å². The van der Waals surface area contributed by atoms with Gasteiger partial charge in [0.2, 0.25) is 0 Å². The number of halogens is 2. The molecule has 2 nitrogen and oxygen atoms in total. The molecule has 104 valence electrons. The highest BCUT2D eigenvalue weighted by Gasteiger charge is 2.15. The van der Waals surface area contributed by atoms with Crippen molar-refractivity contribution in [2.45, 2.75) is 19.9 Å². The number of carbonyl (C=O) groups excluding carboxylic acids is 1. The number of rotatable bonds is 3. The van der Waals surface area contributed by atoms with Crippen molar-refractivity contribution in [3.63, 3.8) is 0 Å². The first-order valence-corrected chi connectivity index (χ1v) is 7.09. The zero-order valence-electron chi connectivity index (χ0n) is 11.3. The van der Waals surface area contributed by atoms with Crippen LogP contribution in [0.25, 0.3) is 0 Å². The molecule has 1 amide bonds. The van der Waals surface area contributed by atoms with Crippen molar-refractivity contribution >= 4 is 21.8 Å². The maximum atomic E-state index is 13.7. The maximum absolute atomic E-state index is 13.7. The van der Waals surface area contributed by atoms with Crippen LogP contribution in [0.4, 0.5) is 4.39 Å². The average Bonchev–Trinajstić information content (AvgIpc) is 2.42. The molecule has 0 fully saturated rings. The predicted octanol–water partition coefficient (Wildman–Crippen LogP) is 4.39. The molecule has 0 radical (unpaired) electrons. The Balaban J connectivity index is 2.15. The summed E-state index contributed by atoms with van der Waals surface area (Å²) in [4.78, 5) is 12.1. The molecule has 0 saturated carbocycles. The number of nitrogens with one attached hydrogen (secondary N) is 1. The highest BCUT2D eigenvalue weighted by atomic mass is 79.9. The Bertz CT molecular complexity index is 625. The molecule has 2 aromatic carbocycles. The molecular weight excluding hydrogens is 321 g/mol. The molecule has 0 saturated heterocycles. The van der Waals surface area contributed by atoms with Gasteiger partial charge in [-0.3, -0.25) is 4.79 Å². The fraction of sp³-hybridized carbons (Fsp3) is 0.188. The van der Waals surface area contributed by atoms with E-state index < -0.39 is 11.7 Å². The molecule has 0 unspecified atom stereocenters. The van der Waals surface area contributed by atoms with Crippen LogP contribution in [0.1, 0.15) is 34.5 Å². The van der Waals surface area contributed by atoms with Crippen molar-refractivity contribution in [1.82, 2.24) is 5.32 Å². The van der Waals surface area contributed by atoms with Crippen LogP contribution in [-0.4, -0.2) is 5.91 Å². The third-order valence-electron chi connectivity index (χ3n) is 3.08. The van der Waals surface area contributed by atoms with E-state index in [0.717, 1.165) is 15.6 Å². The molecule has 2 aromatic rings. The van der Waals surface area contributed by atoms with Crippen molar-refractivity contribution in [1.29, 1.82) is 0 Å². The van der Waals surface area contributed by atoms with E-state index in [1.54, 1.807) is 12.1 Å². The predicted molar refractivity (Wildman–Crippen MR) is 81.2 cm³/mol. The summed E-state index contributed by atoms with van der Waals surface area (Å²) in [5.74, 6) is -0.905. The Morgan fingerprint density at radius 2 is 1.85 bits per heavy atom. The SMILES string of the molecule is Cc1ccc(F)c(C(=O)N[C@H](C)c2ccc(Br)cc2)c1. The molecule has 0 heterocycles. The molecule has 1 atom stereocenters. The van der Waals surface area contributed by atoms with E-state index in [2.05, 4.69) is 21.2 Å². The lowest BCUT2D eigenvalue weighted by Crippen LogP contribution is -2.27. The number of carbonyl (C=O) groups is 1. The lowest BCUT2D eigenvalue weighted by molar-refractivity contribution is 0.0935. The molecule has 0 aliphatic rings. The lowest BCUT2D eigenvalue weighted by atomic mass is 10.1. The van der Waals surface area contributed by atoms with Crippen molar-refractivity contribution in [3.05, 3.63) is 69.4 Å². The van der Waals surface area contributed by atoms with E-state index in [-0.39, 0.29) is 11.6 Å². The zero-order chi connectivity index (χ0) is 14.7. The van der Waals surface area contributed by atoms with Gasteiger partial charge in [-0.2, -0.15) is 0 Å². The van der Waals surface area contributed by atoms with Gasteiger partial charge in [0.1, 0.15) is 5.82 Å². The van der Waals surface area contributed by atoms with Crippen molar-refractivity contribution in [2.24, 2.45) is 0 Å². The Hall–Kier alpha value is -1.68. The molecule has 1 N–H and O–H groups in total. The molecule has 4 heteroatoms. The highest BCUT2D eigenvalue weighted by molar-refractivity contribution is 9.10. The normalized spacial score (nSPS) is 12.0. The van der Waals surface area contributed by atoms with Gasteiger partial charge >= 0.3 is 0 Å². The molecule has 0 spiro atoms. The number of amides is 1. The van der Waals surface area contributed by atoms with Gasteiger partial charge in [-0.05, 0) is 43.7 Å². The molecule has 0 aromatic heterocycles. The number of aryl methyl sites for hydroxylation is 1. The Kier molecular flexibility index (Phi) is 4.55. The molecule has 0 aliphatic heterocycles. The van der Waals surface area contributed by atoms with Gasteiger partial charge in [0, 0.05) is 4.47 Å². The Labute approximate surface area is 126 Å². The van der Waals surface area contributed by atoms with Gasteiger partial charge in [-0.15, -0.1) is 0 Å². The van der Waals surface area contributed by atoms with Gasteiger partial charge in [-0.1, -0.05) is 39.7 Å². The van der Waals surface area contributed by atoms with E-state index in [4.69, 9.17) is 0 Å². The average molecular weight is 336 g/mol. The summed E-state index contributed by atoms with van der Waals surface area (Å²) in [6.45, 7) is 3.70. The second-order valence-corrected chi connectivity index (χ2v) is 5.65. The summed E-state index contributed by atoms with van der Waals surface area (Å²) in [7, 11) is 0. The molecule has 0 aliphatic carbocycles. The van der Waals surface area contributed by atoms with Gasteiger partial charge < -0.3 is 5.32 Å². The van der Waals surface area contributed by atoms with Gasteiger partial charge in [0.25, 0.3) is 5.91 Å². The minimum atomic E-state index is -0.504. The Morgan fingerprint density at radius 3 is 2.50 bits per heavy atom. The van der Waals surface area contributed by atoms with Crippen LogP contribution in [0.2, 0.25) is 0 Å². The van der Waals surface area contributed by atoms with Crippen molar-refractivity contribution < 1.29 is 9.18 Å². The largest absolute Gasteiger partial charge is 0.345 e. The quantitative estimate of drug-likeness (QED) is 0.885. The van der Waals surface area contributed by atoms with Gasteiger partial charge in [0.05, 0.1) is 11.6 Å². The standard InChI is InChI=1S/C16H15BrFNO/c1-10-3-8-15(18)14(9-10)16(20)19-11(2)12-4-6-13(17)7-5-12/h3-9,11H,1-2H3,(H,19,20)/t11-/m1/s1. The van der Waals surface area contributed by atoms with Crippen LogP contribution in [0, 0.1) is 12.7 Å². The first-order chi connectivity index (χ1) is 9.47. The van der Waals surface area contributed by atoms with Crippen molar-refractivity contribution in [2.75, 3.05) is 0 Å². The zero-order valence-corrected chi connectivity index (χ0v) is 12.9. The third-order valence-corrected chi connectivity index (χ3v) is 3.61. The van der Waals surface area contributed by atoms with Crippen LogP contribution in [0.5, 0.6) is 0 Å². The third kappa shape index (κ3) is 3.45. The van der Waals surface area contributed by atoms with Crippen molar-refractivity contribution in [3.8, 4) is 0 Å². The summed E-state index contributed by atoms with van der Waals surface area (Å²) in [5.41, 5.74) is 1.90.